The van der Waals surface area contributed by atoms with Crippen LogP contribution in [-0.4, -0.2) is 27.8 Å². The molecule has 0 amide bonds. The molecular formula is C15H14N2O3. The molecule has 2 heterocycles. The van der Waals surface area contributed by atoms with Gasteiger partial charge in [-0.1, -0.05) is 12.1 Å². The summed E-state index contributed by atoms with van der Waals surface area (Å²) in [7, 11) is 3.20. The highest BCUT2D eigenvalue weighted by Crippen LogP contribution is 2.27. The van der Waals surface area contributed by atoms with E-state index in [1.807, 2.05) is 40.3 Å². The highest BCUT2D eigenvalue weighted by Gasteiger charge is 2.23. The molecule has 0 aliphatic carbocycles. The average Bonchev–Trinajstić information content (AvgIpc) is 2.97. The number of carbonyl (C=O) groups excluding carboxylic acids is 2. The number of aromatic nitrogens is 2. The summed E-state index contributed by atoms with van der Waals surface area (Å²) in [6.45, 7) is 1.49. The van der Waals surface area contributed by atoms with Crippen LogP contribution in [0.15, 0.2) is 30.3 Å². The van der Waals surface area contributed by atoms with Crippen LogP contribution in [0.5, 0.6) is 0 Å². The molecule has 20 heavy (non-hydrogen) atoms. The zero-order valence-electron chi connectivity index (χ0n) is 11.5. The summed E-state index contributed by atoms with van der Waals surface area (Å²) in [6.07, 6.45) is 0. The van der Waals surface area contributed by atoms with E-state index in [2.05, 4.69) is 0 Å². The third-order valence-corrected chi connectivity index (χ3v) is 3.54. The fourth-order valence-electron chi connectivity index (χ4n) is 2.65. The third kappa shape index (κ3) is 1.49. The lowest BCUT2D eigenvalue weighted by molar-refractivity contribution is 0.0602. The minimum Gasteiger partial charge on any atom is -0.465 e. The maximum Gasteiger partial charge on any atom is 0.341 e. The van der Waals surface area contributed by atoms with Gasteiger partial charge in [0.15, 0.2) is 5.78 Å². The van der Waals surface area contributed by atoms with Crippen LogP contribution in [0.4, 0.5) is 0 Å². The molecule has 0 N–H and O–H groups in total. The number of ether oxygens (including phenoxy) is 1. The lowest BCUT2D eigenvalue weighted by atomic mass is 10.2. The Morgan fingerprint density at radius 2 is 1.80 bits per heavy atom. The predicted octanol–water partition coefficient (Wildman–Crippen LogP) is 2.42. The molecular weight excluding hydrogens is 256 g/mol. The molecule has 0 saturated heterocycles. The summed E-state index contributed by atoms with van der Waals surface area (Å²) in [6, 6.07) is 9.30. The van der Waals surface area contributed by atoms with E-state index in [1.54, 1.807) is 6.07 Å². The molecule has 5 heteroatoms. The molecule has 0 saturated carbocycles. The van der Waals surface area contributed by atoms with Gasteiger partial charge in [-0.3, -0.25) is 9.20 Å². The molecule has 3 rings (SSSR count). The first-order valence-corrected chi connectivity index (χ1v) is 6.24. The van der Waals surface area contributed by atoms with Gasteiger partial charge in [-0.25, -0.2) is 4.79 Å². The van der Waals surface area contributed by atoms with Gasteiger partial charge in [-0.2, -0.15) is 0 Å². The number of rotatable bonds is 2. The zero-order chi connectivity index (χ0) is 14.4. The number of hydrogen-bond donors (Lipinski definition) is 0. The van der Waals surface area contributed by atoms with Crippen LogP contribution in [0.2, 0.25) is 0 Å². The van der Waals surface area contributed by atoms with Crippen LogP contribution < -0.4 is 0 Å². The van der Waals surface area contributed by atoms with Gasteiger partial charge in [0.2, 0.25) is 0 Å². The van der Waals surface area contributed by atoms with Gasteiger partial charge in [-0.05, 0) is 18.2 Å². The quantitative estimate of drug-likeness (QED) is 0.531. The van der Waals surface area contributed by atoms with Crippen LogP contribution in [0.1, 0.15) is 27.8 Å². The Balaban J connectivity index is 2.55. The van der Waals surface area contributed by atoms with E-state index < -0.39 is 5.97 Å². The van der Waals surface area contributed by atoms with E-state index in [-0.39, 0.29) is 5.78 Å². The number of hydrogen-bond acceptors (Lipinski definition) is 3. The molecule has 0 bridgehead atoms. The van der Waals surface area contributed by atoms with E-state index in [0.717, 1.165) is 11.0 Å². The summed E-state index contributed by atoms with van der Waals surface area (Å²) in [5.74, 6) is -0.535. The highest BCUT2D eigenvalue weighted by atomic mass is 16.5. The number of aryl methyl sites for hydroxylation is 1. The summed E-state index contributed by atoms with van der Waals surface area (Å²) in [4.78, 5) is 23.8. The number of benzene rings is 1. The zero-order valence-corrected chi connectivity index (χ0v) is 11.5. The standard InChI is InChI=1S/C15H14N2O3/c1-9(18)13-8-10(15(19)20-3)14-16(2)11-6-4-5-7-12(11)17(13)14/h4-8H,1-3H3. The van der Waals surface area contributed by atoms with Crippen LogP contribution in [0.25, 0.3) is 16.7 Å². The molecule has 1 aromatic carbocycles. The number of para-hydroxylation sites is 2. The van der Waals surface area contributed by atoms with Gasteiger partial charge in [0.1, 0.15) is 11.2 Å². The molecule has 0 radical (unpaired) electrons. The van der Waals surface area contributed by atoms with Gasteiger partial charge in [0.05, 0.1) is 23.8 Å². The van der Waals surface area contributed by atoms with Crippen LogP contribution in [0.3, 0.4) is 0 Å². The van der Waals surface area contributed by atoms with Gasteiger partial charge < -0.3 is 9.30 Å². The van der Waals surface area contributed by atoms with Crippen molar-refractivity contribution in [1.82, 2.24) is 8.97 Å². The van der Waals surface area contributed by atoms with Crippen molar-refractivity contribution in [1.29, 1.82) is 0 Å². The molecule has 0 aliphatic rings. The Kier molecular flexibility index (Phi) is 2.64. The number of imidazole rings is 1. The summed E-state index contributed by atoms with van der Waals surface area (Å²) < 4.78 is 8.52. The largest absolute Gasteiger partial charge is 0.465 e. The van der Waals surface area contributed by atoms with E-state index >= 15 is 0 Å². The predicted molar refractivity (Wildman–Crippen MR) is 75.2 cm³/mol. The molecule has 0 aliphatic heterocycles. The van der Waals surface area contributed by atoms with Crippen molar-refractivity contribution < 1.29 is 14.3 Å². The minimum atomic E-state index is -0.444. The molecule has 0 spiro atoms. The van der Waals surface area contributed by atoms with Crippen molar-refractivity contribution in [2.75, 3.05) is 7.11 Å². The second kappa shape index (κ2) is 4.23. The lowest BCUT2D eigenvalue weighted by Crippen LogP contribution is -2.02. The maximum atomic E-state index is 11.9. The third-order valence-electron chi connectivity index (χ3n) is 3.54. The number of esters is 1. The molecule has 0 unspecified atom stereocenters. The molecule has 2 aromatic heterocycles. The SMILES string of the molecule is COC(=O)c1cc(C(C)=O)n2c3ccccc3n(C)c12. The van der Waals surface area contributed by atoms with Crippen molar-refractivity contribution in [3.8, 4) is 0 Å². The van der Waals surface area contributed by atoms with Crippen LogP contribution in [0, 0.1) is 0 Å². The lowest BCUT2D eigenvalue weighted by Gasteiger charge is -1.98. The average molecular weight is 270 g/mol. The van der Waals surface area contributed by atoms with Crippen molar-refractivity contribution in [2.45, 2.75) is 6.92 Å². The fourth-order valence-corrected chi connectivity index (χ4v) is 2.65. The minimum absolute atomic E-state index is 0.0912. The number of ketones is 1. The molecule has 102 valence electrons. The molecule has 0 atom stereocenters. The van der Waals surface area contributed by atoms with Crippen LogP contribution in [-0.2, 0) is 11.8 Å². The number of Topliss-reactive ketones (excluding diaryl/α,β-unsaturated/α-hetero) is 1. The Morgan fingerprint density at radius 1 is 1.15 bits per heavy atom. The van der Waals surface area contributed by atoms with Crippen molar-refractivity contribution in [2.24, 2.45) is 7.05 Å². The van der Waals surface area contributed by atoms with Crippen molar-refractivity contribution in [3.05, 3.63) is 41.6 Å². The monoisotopic (exact) mass is 270 g/mol. The summed E-state index contributed by atoms with van der Waals surface area (Å²) >= 11 is 0. The first-order valence-electron chi connectivity index (χ1n) is 6.24. The molecule has 0 fully saturated rings. The van der Waals surface area contributed by atoms with Gasteiger partial charge >= 0.3 is 5.97 Å². The number of carbonyl (C=O) groups is 2. The van der Waals surface area contributed by atoms with Crippen molar-refractivity contribution in [3.63, 3.8) is 0 Å². The Hall–Kier alpha value is -2.56. The first kappa shape index (κ1) is 12.5. The highest BCUT2D eigenvalue weighted by molar-refractivity contribution is 6.05. The first-order chi connectivity index (χ1) is 9.56. The topological polar surface area (TPSA) is 52.7 Å². The van der Waals surface area contributed by atoms with Crippen molar-refractivity contribution >= 4 is 28.4 Å². The Morgan fingerprint density at radius 3 is 2.40 bits per heavy atom. The Labute approximate surface area is 115 Å². The molecule has 3 aromatic rings. The smallest absolute Gasteiger partial charge is 0.341 e. The van der Waals surface area contributed by atoms with E-state index in [4.69, 9.17) is 4.74 Å². The van der Waals surface area contributed by atoms with Gasteiger partial charge in [0, 0.05) is 14.0 Å². The normalized spacial score (nSPS) is 11.2. The van der Waals surface area contributed by atoms with E-state index in [1.165, 1.54) is 14.0 Å². The number of nitrogens with zero attached hydrogens (tertiary/aromatic N) is 2. The number of fused-ring (bicyclic) bond motifs is 3. The summed E-state index contributed by atoms with van der Waals surface area (Å²) in [5.41, 5.74) is 3.40. The summed E-state index contributed by atoms with van der Waals surface area (Å²) in [5, 5.41) is 0. The number of methoxy groups -OCH3 is 1. The Bertz CT molecular complexity index is 855. The second-order valence-corrected chi connectivity index (χ2v) is 4.70. The van der Waals surface area contributed by atoms with E-state index in [9.17, 15) is 9.59 Å². The van der Waals surface area contributed by atoms with E-state index in [0.29, 0.717) is 16.9 Å². The van der Waals surface area contributed by atoms with Gasteiger partial charge in [-0.15, -0.1) is 0 Å². The van der Waals surface area contributed by atoms with Crippen LogP contribution >= 0.6 is 0 Å². The fraction of sp³-hybridized carbons (Fsp3) is 0.200. The van der Waals surface area contributed by atoms with Gasteiger partial charge in [0.25, 0.3) is 0 Å². The maximum absolute atomic E-state index is 11.9. The molecule has 5 nitrogen and oxygen atoms in total. The second-order valence-electron chi connectivity index (χ2n) is 4.70.